The first-order valence-corrected chi connectivity index (χ1v) is 8.68. The molecule has 2 aromatic rings. The fraction of sp³-hybridized carbons (Fsp3) is 0.222. The van der Waals surface area contributed by atoms with E-state index < -0.39 is 0 Å². The first-order chi connectivity index (χ1) is 11.0. The summed E-state index contributed by atoms with van der Waals surface area (Å²) in [5.41, 5.74) is 2.67. The zero-order valence-electron chi connectivity index (χ0n) is 13.3. The van der Waals surface area contributed by atoms with Gasteiger partial charge in [0.15, 0.2) is 5.11 Å². The fourth-order valence-electron chi connectivity index (χ4n) is 2.73. The Balaban J connectivity index is 1.90. The molecule has 1 aliphatic rings. The van der Waals surface area contributed by atoms with Gasteiger partial charge in [-0.1, -0.05) is 30.3 Å². The molecule has 1 aliphatic heterocycles. The highest BCUT2D eigenvalue weighted by atomic mass is 32.1. The quantitative estimate of drug-likeness (QED) is 0.671. The molecular formula is C18H18N2OS2. The smallest absolute Gasteiger partial charge is 0.277 e. The van der Waals surface area contributed by atoms with Crippen molar-refractivity contribution in [3.05, 3.63) is 63.0 Å². The second-order valence-electron chi connectivity index (χ2n) is 5.62. The van der Waals surface area contributed by atoms with Gasteiger partial charge in [0.1, 0.15) is 5.70 Å². The summed E-state index contributed by atoms with van der Waals surface area (Å²) in [4.78, 5) is 16.8. The third-order valence-corrected chi connectivity index (χ3v) is 5.24. The molecule has 0 spiro atoms. The Morgan fingerprint density at radius 2 is 1.96 bits per heavy atom. The molecule has 1 saturated heterocycles. The Morgan fingerprint density at radius 1 is 1.26 bits per heavy atom. The van der Waals surface area contributed by atoms with Crippen molar-refractivity contribution in [2.24, 2.45) is 0 Å². The molecular weight excluding hydrogens is 324 g/mol. The Hall–Kier alpha value is -1.98. The molecule has 23 heavy (non-hydrogen) atoms. The lowest BCUT2D eigenvalue weighted by Gasteiger charge is -2.23. The summed E-state index contributed by atoms with van der Waals surface area (Å²) < 4.78 is 0. The van der Waals surface area contributed by atoms with Gasteiger partial charge in [-0.3, -0.25) is 9.69 Å². The molecule has 1 aromatic carbocycles. The minimum atomic E-state index is -0.0973. The van der Waals surface area contributed by atoms with Gasteiger partial charge in [-0.05, 0) is 56.3 Å². The van der Waals surface area contributed by atoms with E-state index in [9.17, 15) is 4.79 Å². The number of aryl methyl sites for hydroxylation is 2. The van der Waals surface area contributed by atoms with Crippen LogP contribution in [0.25, 0.3) is 6.08 Å². The standard InChI is InChI=1S/C18H18N2OS2/c1-11-9-15(13(3)23-11)10-16-17(21)20(18(22)19-16)12(2)14-7-5-4-6-8-14/h4-10,12H,1-3H3,(H,19,22)/b16-10-. The SMILES string of the molecule is Cc1cc(/C=C2\NC(=S)N(C(C)c3ccccc3)C2=O)c(C)s1. The van der Waals surface area contributed by atoms with Crippen molar-refractivity contribution in [1.82, 2.24) is 10.2 Å². The number of nitrogens with zero attached hydrogens (tertiary/aromatic N) is 1. The minimum absolute atomic E-state index is 0.0744. The summed E-state index contributed by atoms with van der Waals surface area (Å²) in [6, 6.07) is 11.9. The number of rotatable bonds is 3. The molecule has 0 aliphatic carbocycles. The second kappa shape index (κ2) is 6.26. The van der Waals surface area contributed by atoms with Crippen LogP contribution in [0.15, 0.2) is 42.1 Å². The number of hydrogen-bond acceptors (Lipinski definition) is 3. The third kappa shape index (κ3) is 3.07. The summed E-state index contributed by atoms with van der Waals surface area (Å²) in [6.45, 7) is 6.12. The van der Waals surface area contributed by atoms with Crippen LogP contribution >= 0.6 is 23.6 Å². The molecule has 5 heteroatoms. The average molecular weight is 342 g/mol. The largest absolute Gasteiger partial charge is 0.328 e. The average Bonchev–Trinajstić information content (AvgIpc) is 2.99. The molecule has 118 valence electrons. The minimum Gasteiger partial charge on any atom is -0.328 e. The molecule has 1 unspecified atom stereocenters. The van der Waals surface area contributed by atoms with E-state index in [2.05, 4.69) is 25.2 Å². The van der Waals surface area contributed by atoms with Crippen LogP contribution in [0, 0.1) is 13.8 Å². The van der Waals surface area contributed by atoms with Gasteiger partial charge in [-0.25, -0.2) is 0 Å². The molecule has 3 rings (SSSR count). The normalized spacial score (nSPS) is 17.7. The van der Waals surface area contributed by atoms with Crippen LogP contribution < -0.4 is 5.32 Å². The number of nitrogens with one attached hydrogen (secondary N) is 1. The van der Waals surface area contributed by atoms with E-state index in [4.69, 9.17) is 12.2 Å². The molecule has 1 aromatic heterocycles. The van der Waals surface area contributed by atoms with E-state index in [1.165, 1.54) is 9.75 Å². The predicted octanol–water partition coefficient (Wildman–Crippen LogP) is 4.18. The zero-order chi connectivity index (χ0) is 16.6. The van der Waals surface area contributed by atoms with E-state index in [0.29, 0.717) is 10.8 Å². The maximum Gasteiger partial charge on any atom is 0.277 e. The lowest BCUT2D eigenvalue weighted by Crippen LogP contribution is -2.33. The van der Waals surface area contributed by atoms with Crippen LogP contribution in [-0.4, -0.2) is 15.9 Å². The van der Waals surface area contributed by atoms with Crippen molar-refractivity contribution in [2.45, 2.75) is 26.8 Å². The maximum atomic E-state index is 12.8. The summed E-state index contributed by atoms with van der Waals surface area (Å²) in [5, 5.41) is 3.52. The third-order valence-electron chi connectivity index (χ3n) is 3.96. The lowest BCUT2D eigenvalue weighted by atomic mass is 10.1. The Kier molecular flexibility index (Phi) is 4.33. The number of benzene rings is 1. The van der Waals surface area contributed by atoms with E-state index in [0.717, 1.165) is 11.1 Å². The summed E-state index contributed by atoms with van der Waals surface area (Å²) in [6.07, 6.45) is 1.89. The number of carbonyl (C=O) groups is 1. The Morgan fingerprint density at radius 3 is 2.57 bits per heavy atom. The van der Waals surface area contributed by atoms with Gasteiger partial charge >= 0.3 is 0 Å². The molecule has 1 N–H and O–H groups in total. The monoisotopic (exact) mass is 342 g/mol. The van der Waals surface area contributed by atoms with Crippen LogP contribution in [0.2, 0.25) is 0 Å². The van der Waals surface area contributed by atoms with E-state index in [1.807, 2.05) is 43.3 Å². The molecule has 1 amide bonds. The molecule has 1 atom stereocenters. The molecule has 2 heterocycles. The highest BCUT2D eigenvalue weighted by molar-refractivity contribution is 7.80. The van der Waals surface area contributed by atoms with Gasteiger partial charge in [-0.2, -0.15) is 0 Å². The molecule has 0 bridgehead atoms. The molecule has 0 radical (unpaired) electrons. The number of thiophene rings is 1. The van der Waals surface area contributed by atoms with Crippen LogP contribution in [0.5, 0.6) is 0 Å². The molecule has 0 saturated carbocycles. The highest BCUT2D eigenvalue weighted by Crippen LogP contribution is 2.28. The summed E-state index contributed by atoms with van der Waals surface area (Å²) in [7, 11) is 0. The van der Waals surface area contributed by atoms with Crippen LogP contribution in [-0.2, 0) is 4.79 Å². The van der Waals surface area contributed by atoms with Gasteiger partial charge < -0.3 is 5.32 Å². The Bertz CT molecular complexity index is 793. The van der Waals surface area contributed by atoms with Gasteiger partial charge in [0.05, 0.1) is 6.04 Å². The van der Waals surface area contributed by atoms with Crippen molar-refractivity contribution in [3.63, 3.8) is 0 Å². The predicted molar refractivity (Wildman–Crippen MR) is 99.2 cm³/mol. The fourth-order valence-corrected chi connectivity index (χ4v) is 3.99. The van der Waals surface area contributed by atoms with Crippen LogP contribution in [0.4, 0.5) is 0 Å². The lowest BCUT2D eigenvalue weighted by molar-refractivity contribution is -0.123. The van der Waals surface area contributed by atoms with Gasteiger partial charge in [0.2, 0.25) is 0 Å². The first-order valence-electron chi connectivity index (χ1n) is 7.45. The number of carbonyl (C=O) groups excluding carboxylic acids is 1. The van der Waals surface area contributed by atoms with E-state index in [-0.39, 0.29) is 11.9 Å². The van der Waals surface area contributed by atoms with E-state index >= 15 is 0 Å². The van der Waals surface area contributed by atoms with Gasteiger partial charge in [0.25, 0.3) is 5.91 Å². The van der Waals surface area contributed by atoms with Gasteiger partial charge in [-0.15, -0.1) is 11.3 Å². The highest BCUT2D eigenvalue weighted by Gasteiger charge is 2.34. The van der Waals surface area contributed by atoms with Crippen molar-refractivity contribution in [2.75, 3.05) is 0 Å². The van der Waals surface area contributed by atoms with E-state index in [1.54, 1.807) is 16.2 Å². The maximum absolute atomic E-state index is 12.8. The van der Waals surface area contributed by atoms with Crippen LogP contribution in [0.3, 0.4) is 0 Å². The van der Waals surface area contributed by atoms with Crippen molar-refractivity contribution >= 4 is 40.7 Å². The van der Waals surface area contributed by atoms with Crippen molar-refractivity contribution in [1.29, 1.82) is 0 Å². The first kappa shape index (κ1) is 15.9. The number of amides is 1. The second-order valence-corrected chi connectivity index (χ2v) is 7.47. The molecule has 1 fully saturated rings. The topological polar surface area (TPSA) is 32.3 Å². The molecule has 3 nitrogen and oxygen atoms in total. The van der Waals surface area contributed by atoms with Crippen LogP contribution in [0.1, 0.15) is 33.8 Å². The van der Waals surface area contributed by atoms with Crippen molar-refractivity contribution < 1.29 is 4.79 Å². The number of thiocarbonyl (C=S) groups is 1. The summed E-state index contributed by atoms with van der Waals surface area (Å²) >= 11 is 7.11. The zero-order valence-corrected chi connectivity index (χ0v) is 14.9. The summed E-state index contributed by atoms with van der Waals surface area (Å²) in [5.74, 6) is -0.0744. The van der Waals surface area contributed by atoms with Gasteiger partial charge in [0, 0.05) is 9.75 Å². The number of hydrogen-bond donors (Lipinski definition) is 1. The van der Waals surface area contributed by atoms with Crippen molar-refractivity contribution in [3.8, 4) is 0 Å². The Labute approximate surface area is 145 Å².